The van der Waals surface area contributed by atoms with Crippen molar-refractivity contribution >= 4 is 18.7 Å². The number of hydrogen-bond acceptors (Lipinski definition) is 2. The number of carboxylic acids is 1. The van der Waals surface area contributed by atoms with Gasteiger partial charge in [-0.2, -0.15) is 0 Å². The summed E-state index contributed by atoms with van der Waals surface area (Å²) in [5, 5.41) is 8.59. The number of hydrogen-bond donors (Lipinski definition) is 1. The molecule has 1 fully saturated rings. The van der Waals surface area contributed by atoms with Crippen LogP contribution in [0.1, 0.15) is 47.0 Å². The molecule has 0 atom stereocenters. The van der Waals surface area contributed by atoms with Gasteiger partial charge in [-0.25, -0.2) is 0 Å². The molecular weight excluding hydrogens is 275 g/mol. The maximum absolute atomic E-state index is 10.5. The van der Waals surface area contributed by atoms with E-state index in [1.165, 1.54) is 18.3 Å². The van der Waals surface area contributed by atoms with Gasteiger partial charge in [0.2, 0.25) is 0 Å². The largest absolute Gasteiger partial charge is 0.493 e. The Bertz CT molecular complexity index is 504. The molecule has 0 heterocycles. The predicted octanol–water partition coefficient (Wildman–Crippen LogP) is 3.50. The molecule has 0 aliphatic heterocycles. The molecule has 22 heavy (non-hydrogen) atoms. The molecule has 0 bridgehead atoms. The third-order valence-corrected chi connectivity index (χ3v) is 5.27. The van der Waals surface area contributed by atoms with Crippen molar-refractivity contribution < 1.29 is 14.6 Å². The van der Waals surface area contributed by atoms with Crippen molar-refractivity contribution in [1.29, 1.82) is 0 Å². The van der Waals surface area contributed by atoms with Gasteiger partial charge in [0, 0.05) is 0 Å². The van der Waals surface area contributed by atoms with Crippen molar-refractivity contribution in [2.75, 3.05) is 6.61 Å². The van der Waals surface area contributed by atoms with E-state index in [0.29, 0.717) is 16.6 Å². The zero-order valence-corrected chi connectivity index (χ0v) is 14.1. The van der Waals surface area contributed by atoms with E-state index in [4.69, 9.17) is 9.84 Å². The Kier molecular flexibility index (Phi) is 4.88. The van der Waals surface area contributed by atoms with Crippen LogP contribution in [0.25, 0.3) is 0 Å². The summed E-state index contributed by atoms with van der Waals surface area (Å²) in [6.07, 6.45) is 2.47. The SMILES string of the molecule is CC1(C)CC([B]c2ccc(OCCC(=O)O)cc2)CC1(C)C. The molecule has 1 saturated carbocycles. The molecule has 0 aromatic heterocycles. The first-order valence-corrected chi connectivity index (χ1v) is 7.99. The molecule has 1 N–H and O–H groups in total. The average molecular weight is 301 g/mol. The van der Waals surface area contributed by atoms with E-state index in [9.17, 15) is 4.79 Å². The summed E-state index contributed by atoms with van der Waals surface area (Å²) in [7, 11) is 2.36. The van der Waals surface area contributed by atoms with Crippen LogP contribution < -0.4 is 10.2 Å². The van der Waals surface area contributed by atoms with Crippen molar-refractivity contribution in [2.24, 2.45) is 10.8 Å². The molecule has 0 saturated heterocycles. The highest BCUT2D eigenvalue weighted by Gasteiger charge is 2.45. The lowest BCUT2D eigenvalue weighted by atomic mass is 9.57. The number of rotatable bonds is 6. The highest BCUT2D eigenvalue weighted by molar-refractivity contribution is 6.55. The fourth-order valence-electron chi connectivity index (χ4n) is 3.26. The van der Waals surface area contributed by atoms with Crippen molar-refractivity contribution in [3.63, 3.8) is 0 Å². The third kappa shape index (κ3) is 4.05. The molecule has 1 aliphatic rings. The Morgan fingerprint density at radius 3 is 2.23 bits per heavy atom. The van der Waals surface area contributed by atoms with Gasteiger partial charge in [-0.3, -0.25) is 4.79 Å². The smallest absolute Gasteiger partial charge is 0.306 e. The summed E-state index contributed by atoms with van der Waals surface area (Å²) in [4.78, 5) is 10.5. The molecule has 119 valence electrons. The quantitative estimate of drug-likeness (QED) is 0.818. The van der Waals surface area contributed by atoms with Gasteiger partial charge in [-0.15, -0.1) is 0 Å². The minimum absolute atomic E-state index is 0.0279. The lowest BCUT2D eigenvalue weighted by Crippen LogP contribution is -2.25. The van der Waals surface area contributed by atoms with Crippen LogP contribution in [-0.4, -0.2) is 25.0 Å². The second-order valence-corrected chi connectivity index (χ2v) is 7.66. The van der Waals surface area contributed by atoms with Gasteiger partial charge in [0.25, 0.3) is 0 Å². The fraction of sp³-hybridized carbons (Fsp3) is 0.611. The van der Waals surface area contributed by atoms with E-state index in [-0.39, 0.29) is 13.0 Å². The van der Waals surface area contributed by atoms with Crippen LogP contribution in [0.4, 0.5) is 0 Å². The third-order valence-electron chi connectivity index (χ3n) is 5.27. The first kappa shape index (κ1) is 16.9. The molecule has 0 amide bonds. The maximum atomic E-state index is 10.5. The summed E-state index contributed by atoms with van der Waals surface area (Å²) in [6.45, 7) is 9.66. The van der Waals surface area contributed by atoms with Gasteiger partial charge in [0.15, 0.2) is 7.28 Å². The Hall–Kier alpha value is -1.45. The molecule has 3 nitrogen and oxygen atoms in total. The minimum Gasteiger partial charge on any atom is -0.493 e. The lowest BCUT2D eigenvalue weighted by molar-refractivity contribution is -0.137. The van der Waals surface area contributed by atoms with Crippen molar-refractivity contribution in [1.82, 2.24) is 0 Å². The Morgan fingerprint density at radius 2 is 1.73 bits per heavy atom. The summed E-state index contributed by atoms with van der Waals surface area (Å²) in [5.41, 5.74) is 1.95. The Balaban J connectivity index is 1.88. The fourth-order valence-corrected chi connectivity index (χ4v) is 3.26. The van der Waals surface area contributed by atoms with Crippen LogP contribution in [0.2, 0.25) is 5.82 Å². The van der Waals surface area contributed by atoms with E-state index >= 15 is 0 Å². The Morgan fingerprint density at radius 1 is 1.18 bits per heavy atom. The van der Waals surface area contributed by atoms with Crippen LogP contribution in [0.3, 0.4) is 0 Å². The van der Waals surface area contributed by atoms with E-state index < -0.39 is 5.97 Å². The van der Waals surface area contributed by atoms with Crippen LogP contribution in [0, 0.1) is 10.8 Å². The molecule has 1 radical (unpaired) electrons. The number of aliphatic carboxylic acids is 1. The molecule has 0 spiro atoms. The van der Waals surface area contributed by atoms with Gasteiger partial charge >= 0.3 is 5.97 Å². The average Bonchev–Trinajstić information content (AvgIpc) is 2.59. The van der Waals surface area contributed by atoms with Crippen molar-refractivity contribution in [3.8, 4) is 5.75 Å². The number of carboxylic acid groups (broad SMARTS) is 1. The summed E-state index contributed by atoms with van der Waals surface area (Å²) in [5.74, 6) is 0.505. The highest BCUT2D eigenvalue weighted by Crippen LogP contribution is 2.56. The van der Waals surface area contributed by atoms with E-state index in [1.54, 1.807) is 0 Å². The Labute approximate surface area is 134 Å². The molecular formula is C18H26BO3. The number of ether oxygens (including phenoxy) is 1. The second-order valence-electron chi connectivity index (χ2n) is 7.66. The van der Waals surface area contributed by atoms with Crippen LogP contribution in [-0.2, 0) is 4.79 Å². The normalized spacial score (nSPS) is 19.8. The molecule has 1 aromatic carbocycles. The highest BCUT2D eigenvalue weighted by atomic mass is 16.5. The van der Waals surface area contributed by atoms with Crippen LogP contribution >= 0.6 is 0 Å². The second kappa shape index (κ2) is 6.35. The molecule has 1 aliphatic carbocycles. The van der Waals surface area contributed by atoms with E-state index in [0.717, 1.165) is 5.75 Å². The van der Waals surface area contributed by atoms with Gasteiger partial charge in [-0.1, -0.05) is 63.9 Å². The molecule has 1 aromatic rings. The lowest BCUT2D eigenvalue weighted by Gasteiger charge is -2.34. The van der Waals surface area contributed by atoms with Crippen LogP contribution in [0.15, 0.2) is 24.3 Å². The standard InChI is InChI=1S/C18H26BO3/c1-17(2)11-14(12-18(17,3)4)19-13-5-7-15(8-6-13)22-10-9-16(20)21/h5-8,14H,9-12H2,1-4H3,(H,20,21). The molecule has 2 rings (SSSR count). The first-order chi connectivity index (χ1) is 10.2. The van der Waals surface area contributed by atoms with E-state index in [2.05, 4.69) is 47.1 Å². The number of carbonyl (C=O) groups is 1. The summed E-state index contributed by atoms with van der Waals surface area (Å²) >= 11 is 0. The van der Waals surface area contributed by atoms with Gasteiger partial charge < -0.3 is 9.84 Å². The van der Waals surface area contributed by atoms with Crippen molar-refractivity contribution in [2.45, 2.75) is 52.8 Å². The molecule has 0 unspecified atom stereocenters. The zero-order valence-electron chi connectivity index (χ0n) is 14.1. The van der Waals surface area contributed by atoms with Crippen molar-refractivity contribution in [3.05, 3.63) is 24.3 Å². The first-order valence-electron chi connectivity index (χ1n) is 7.99. The zero-order chi connectivity index (χ0) is 16.4. The summed E-state index contributed by atoms with van der Waals surface area (Å²) in [6, 6.07) is 7.93. The predicted molar refractivity (Wildman–Crippen MR) is 90.1 cm³/mol. The topological polar surface area (TPSA) is 46.5 Å². The molecule has 4 heteroatoms. The van der Waals surface area contributed by atoms with E-state index in [1.807, 2.05) is 12.1 Å². The monoisotopic (exact) mass is 301 g/mol. The van der Waals surface area contributed by atoms with Crippen LogP contribution in [0.5, 0.6) is 5.75 Å². The summed E-state index contributed by atoms with van der Waals surface area (Å²) < 4.78 is 5.41. The van der Waals surface area contributed by atoms with Gasteiger partial charge in [0.05, 0.1) is 13.0 Å². The number of benzene rings is 1. The maximum Gasteiger partial charge on any atom is 0.306 e. The van der Waals surface area contributed by atoms with Gasteiger partial charge in [0.1, 0.15) is 5.75 Å². The van der Waals surface area contributed by atoms with Gasteiger partial charge in [-0.05, 0) is 23.0 Å². The minimum atomic E-state index is -0.837.